The number of ether oxygens (including phenoxy) is 1. The fourth-order valence-electron chi connectivity index (χ4n) is 1.34. The second kappa shape index (κ2) is 8.44. The number of anilines is 1. The summed E-state index contributed by atoms with van der Waals surface area (Å²) in [4.78, 5) is 22.2. The highest BCUT2D eigenvalue weighted by Gasteiger charge is 2.28. The lowest BCUT2D eigenvalue weighted by Crippen LogP contribution is -2.38. The Morgan fingerprint density at radius 1 is 1.23 bits per heavy atom. The zero-order valence-corrected chi connectivity index (χ0v) is 12.0. The van der Waals surface area contributed by atoms with E-state index in [1.165, 1.54) is 24.3 Å². The second-order valence-electron chi connectivity index (χ2n) is 4.19. The molecule has 0 heterocycles. The van der Waals surface area contributed by atoms with E-state index in [2.05, 4.69) is 10.1 Å². The Bertz CT molecular complexity index is 509. The minimum absolute atomic E-state index is 0. The van der Waals surface area contributed by atoms with Gasteiger partial charge in [0.1, 0.15) is 5.75 Å². The van der Waals surface area contributed by atoms with E-state index >= 15 is 0 Å². The van der Waals surface area contributed by atoms with E-state index in [0.717, 1.165) is 0 Å². The van der Waals surface area contributed by atoms with Crippen LogP contribution in [-0.4, -0.2) is 30.6 Å². The highest BCUT2D eigenvalue weighted by molar-refractivity contribution is 5.97. The number of hydrogen-bond donors (Lipinski definition) is 3. The highest BCUT2D eigenvalue weighted by Crippen LogP contribution is 2.20. The van der Waals surface area contributed by atoms with Crippen LogP contribution in [0, 0.1) is 0 Å². The molecule has 124 valence electrons. The van der Waals surface area contributed by atoms with Crippen molar-refractivity contribution in [3.05, 3.63) is 24.3 Å². The van der Waals surface area contributed by atoms with Crippen molar-refractivity contribution < 1.29 is 27.5 Å². The van der Waals surface area contributed by atoms with Gasteiger partial charge < -0.3 is 21.5 Å². The summed E-state index contributed by atoms with van der Waals surface area (Å²) in [7, 11) is 0. The molecule has 5 N–H and O–H groups in total. The fraction of sp³-hybridized carbons (Fsp3) is 0.333. The Hall–Kier alpha value is -2.00. The minimum Gasteiger partial charge on any atom is -0.484 e. The molecular formula is C12H15ClF3N3O3. The molecule has 1 atom stereocenters. The molecule has 0 aromatic heterocycles. The molecule has 0 radical (unpaired) electrons. The van der Waals surface area contributed by atoms with Crippen LogP contribution < -0.4 is 21.5 Å². The maximum atomic E-state index is 12.0. The first-order valence-electron chi connectivity index (χ1n) is 5.82. The predicted molar refractivity (Wildman–Crippen MR) is 75.7 cm³/mol. The first-order valence-corrected chi connectivity index (χ1v) is 5.82. The van der Waals surface area contributed by atoms with Gasteiger partial charge in [-0.25, -0.2) is 0 Å². The number of amides is 2. The number of hydrogen-bond acceptors (Lipinski definition) is 4. The van der Waals surface area contributed by atoms with E-state index in [0.29, 0.717) is 5.69 Å². The Labute approximate surface area is 130 Å². The van der Waals surface area contributed by atoms with Gasteiger partial charge >= 0.3 is 6.18 Å². The number of primary amides is 1. The Morgan fingerprint density at radius 3 is 2.23 bits per heavy atom. The van der Waals surface area contributed by atoms with Gasteiger partial charge in [-0.2, -0.15) is 13.2 Å². The molecule has 0 spiro atoms. The van der Waals surface area contributed by atoms with E-state index in [9.17, 15) is 22.8 Å². The minimum atomic E-state index is -4.42. The largest absolute Gasteiger partial charge is 0.484 e. The zero-order valence-electron chi connectivity index (χ0n) is 11.2. The molecule has 6 nitrogen and oxygen atoms in total. The molecule has 0 fully saturated rings. The summed E-state index contributed by atoms with van der Waals surface area (Å²) in [6.45, 7) is -1.40. The maximum Gasteiger partial charge on any atom is 0.422 e. The Morgan fingerprint density at radius 2 is 1.77 bits per heavy atom. The van der Waals surface area contributed by atoms with Crippen LogP contribution in [0.2, 0.25) is 0 Å². The second-order valence-corrected chi connectivity index (χ2v) is 4.19. The van der Waals surface area contributed by atoms with Crippen LogP contribution in [0.15, 0.2) is 24.3 Å². The van der Waals surface area contributed by atoms with Crippen molar-refractivity contribution in [3.63, 3.8) is 0 Å². The zero-order chi connectivity index (χ0) is 16.0. The third-order valence-electron chi connectivity index (χ3n) is 2.28. The van der Waals surface area contributed by atoms with Crippen LogP contribution in [0.1, 0.15) is 6.42 Å². The van der Waals surface area contributed by atoms with Gasteiger partial charge in [0, 0.05) is 5.69 Å². The Kier molecular flexibility index (Phi) is 7.68. The van der Waals surface area contributed by atoms with E-state index in [1.807, 2.05) is 0 Å². The summed E-state index contributed by atoms with van der Waals surface area (Å²) in [5.41, 5.74) is 10.6. The van der Waals surface area contributed by atoms with Crippen molar-refractivity contribution in [2.45, 2.75) is 18.6 Å². The molecule has 1 aromatic rings. The molecule has 0 aliphatic heterocycles. The molecule has 1 rings (SSSR count). The molecule has 2 amide bonds. The monoisotopic (exact) mass is 341 g/mol. The van der Waals surface area contributed by atoms with Gasteiger partial charge in [0.25, 0.3) is 0 Å². The summed E-state index contributed by atoms with van der Waals surface area (Å²) in [6, 6.07) is 4.13. The van der Waals surface area contributed by atoms with Crippen LogP contribution in [0.4, 0.5) is 18.9 Å². The van der Waals surface area contributed by atoms with Gasteiger partial charge in [0.05, 0.1) is 12.5 Å². The van der Waals surface area contributed by atoms with Crippen molar-refractivity contribution in [1.82, 2.24) is 0 Å². The van der Waals surface area contributed by atoms with Gasteiger partial charge in [-0.15, -0.1) is 12.4 Å². The molecule has 0 aliphatic rings. The molecule has 1 aromatic carbocycles. The SMILES string of the molecule is Cl.NC(=O)CC(N)C(=O)Nc1ccc(OCC(F)(F)F)cc1. The number of benzene rings is 1. The van der Waals surface area contributed by atoms with Crippen molar-refractivity contribution in [1.29, 1.82) is 0 Å². The molecule has 0 aliphatic carbocycles. The van der Waals surface area contributed by atoms with Gasteiger partial charge in [0.15, 0.2) is 6.61 Å². The standard InChI is InChI=1S/C12H14F3N3O3.ClH/c13-12(14,15)6-21-8-3-1-7(2-4-8)18-11(20)9(16)5-10(17)19;/h1-4,9H,5-6,16H2,(H2,17,19)(H,18,20);1H. The van der Waals surface area contributed by atoms with Crippen LogP contribution >= 0.6 is 12.4 Å². The quantitative estimate of drug-likeness (QED) is 0.722. The van der Waals surface area contributed by atoms with E-state index < -0.39 is 30.6 Å². The molecular weight excluding hydrogens is 327 g/mol. The maximum absolute atomic E-state index is 12.0. The molecule has 22 heavy (non-hydrogen) atoms. The van der Waals surface area contributed by atoms with Crippen LogP contribution in [0.3, 0.4) is 0 Å². The predicted octanol–water partition coefficient (Wildman–Crippen LogP) is 1.19. The number of nitrogens with two attached hydrogens (primary N) is 2. The summed E-state index contributed by atoms with van der Waals surface area (Å²) >= 11 is 0. The van der Waals surface area contributed by atoms with Crippen molar-refractivity contribution in [2.24, 2.45) is 11.5 Å². The molecule has 0 saturated carbocycles. The number of carbonyl (C=O) groups excluding carboxylic acids is 2. The summed E-state index contributed by atoms with van der Waals surface area (Å²) in [5.74, 6) is -1.34. The average Bonchev–Trinajstić information content (AvgIpc) is 2.36. The van der Waals surface area contributed by atoms with Gasteiger partial charge in [0.2, 0.25) is 11.8 Å². The number of carbonyl (C=O) groups is 2. The first-order chi connectivity index (χ1) is 9.67. The number of nitrogens with one attached hydrogen (secondary N) is 1. The van der Waals surface area contributed by atoms with E-state index in [1.54, 1.807) is 0 Å². The topological polar surface area (TPSA) is 107 Å². The van der Waals surface area contributed by atoms with Crippen molar-refractivity contribution in [2.75, 3.05) is 11.9 Å². The molecule has 10 heteroatoms. The number of rotatable bonds is 6. The lowest BCUT2D eigenvalue weighted by molar-refractivity contribution is -0.153. The van der Waals surface area contributed by atoms with Gasteiger partial charge in [-0.05, 0) is 24.3 Å². The first kappa shape index (κ1) is 20.0. The highest BCUT2D eigenvalue weighted by atomic mass is 35.5. The third kappa shape index (κ3) is 7.70. The van der Waals surface area contributed by atoms with Crippen LogP contribution in [-0.2, 0) is 9.59 Å². The lowest BCUT2D eigenvalue weighted by Gasteiger charge is -2.12. The van der Waals surface area contributed by atoms with E-state index in [4.69, 9.17) is 11.5 Å². The Balaban J connectivity index is 0.00000441. The number of halogens is 4. The van der Waals surface area contributed by atoms with Gasteiger partial charge in [-0.3, -0.25) is 9.59 Å². The smallest absolute Gasteiger partial charge is 0.422 e. The third-order valence-corrected chi connectivity index (χ3v) is 2.28. The average molecular weight is 342 g/mol. The molecule has 0 saturated heterocycles. The van der Waals surface area contributed by atoms with Gasteiger partial charge in [-0.1, -0.05) is 0 Å². The summed E-state index contributed by atoms with van der Waals surface area (Å²) < 4.78 is 40.4. The lowest BCUT2D eigenvalue weighted by atomic mass is 10.2. The van der Waals surface area contributed by atoms with Crippen molar-refractivity contribution >= 4 is 29.9 Å². The summed E-state index contributed by atoms with van der Waals surface area (Å²) in [5, 5.41) is 2.40. The molecule has 1 unspecified atom stereocenters. The fourth-order valence-corrected chi connectivity index (χ4v) is 1.34. The van der Waals surface area contributed by atoms with Crippen LogP contribution in [0.25, 0.3) is 0 Å². The molecule has 0 bridgehead atoms. The van der Waals surface area contributed by atoms with Crippen LogP contribution in [0.5, 0.6) is 5.75 Å². The number of alkyl halides is 3. The summed E-state index contributed by atoms with van der Waals surface area (Å²) in [6.07, 6.45) is -4.73. The van der Waals surface area contributed by atoms with Crippen molar-refractivity contribution in [3.8, 4) is 5.75 Å². The normalized spacial score (nSPS) is 12.0. The van der Waals surface area contributed by atoms with E-state index in [-0.39, 0.29) is 24.6 Å².